The van der Waals surface area contributed by atoms with Crippen molar-refractivity contribution in [3.05, 3.63) is 0 Å². The summed E-state index contributed by atoms with van der Waals surface area (Å²) in [4.78, 5) is 0. The quantitative estimate of drug-likeness (QED) is 0.437. The van der Waals surface area contributed by atoms with Crippen molar-refractivity contribution in [3.63, 3.8) is 0 Å². The number of rotatable bonds is 12. The third-order valence-corrected chi connectivity index (χ3v) is 10.8. The van der Waals surface area contributed by atoms with Crippen LogP contribution in [0.4, 0.5) is 0 Å². The van der Waals surface area contributed by atoms with E-state index in [0.29, 0.717) is 0 Å². The second-order valence-electron chi connectivity index (χ2n) is 5.12. The molecule has 0 saturated carbocycles. The van der Waals surface area contributed by atoms with Gasteiger partial charge < -0.3 is 0 Å². The van der Waals surface area contributed by atoms with E-state index in [-0.39, 0.29) is 0 Å². The van der Waals surface area contributed by atoms with Gasteiger partial charge in [0.05, 0.1) is 0 Å². The maximum absolute atomic E-state index is 4.48. The largest absolute Gasteiger partial charge is 0.300 e. The second kappa shape index (κ2) is 11.1. The van der Waals surface area contributed by atoms with Crippen LogP contribution in [-0.4, -0.2) is 67.3 Å². The molecule has 0 atom stereocenters. The molecular weight excluding hydrogens is 282 g/mol. The van der Waals surface area contributed by atoms with Crippen molar-refractivity contribution in [2.24, 2.45) is 0 Å². The maximum Gasteiger partial charge on any atom is 0.289 e. The van der Waals surface area contributed by atoms with Crippen LogP contribution in [0.3, 0.4) is 0 Å². The Bertz CT molecular complexity index is 198. The lowest BCUT2D eigenvalue weighted by Crippen LogP contribution is -2.75. The minimum absolute atomic E-state index is 0.999. The Labute approximate surface area is 134 Å². The third kappa shape index (κ3) is 4.47. The first-order valence-corrected chi connectivity index (χ1v) is 11.2. The summed E-state index contributed by atoms with van der Waals surface area (Å²) >= 11 is 4.48. The minimum atomic E-state index is -1.75. The SMILES string of the molecule is CCN(CC)[Si](CCCS)(N(CC)CC)N(CC)CC. The average molecular weight is 320 g/mol. The first-order valence-electron chi connectivity index (χ1n) is 8.48. The molecule has 122 valence electrons. The van der Waals surface area contributed by atoms with E-state index in [1.54, 1.807) is 0 Å². The summed E-state index contributed by atoms with van der Waals surface area (Å²) < 4.78 is 8.32. The Balaban J connectivity index is 5.70. The van der Waals surface area contributed by atoms with Gasteiger partial charge in [0, 0.05) is 0 Å². The van der Waals surface area contributed by atoms with E-state index in [9.17, 15) is 0 Å². The first kappa shape index (κ1) is 20.4. The van der Waals surface area contributed by atoms with Gasteiger partial charge in [-0.3, -0.25) is 13.7 Å². The molecule has 0 unspecified atom stereocenters. The van der Waals surface area contributed by atoms with Gasteiger partial charge in [-0.05, 0) is 57.5 Å². The zero-order chi connectivity index (χ0) is 15.6. The Kier molecular flexibility index (Phi) is 11.3. The maximum atomic E-state index is 4.48. The lowest BCUT2D eigenvalue weighted by molar-refractivity contribution is 0.260. The number of hydrogen-bond acceptors (Lipinski definition) is 4. The van der Waals surface area contributed by atoms with Crippen LogP contribution < -0.4 is 0 Å². The molecule has 20 heavy (non-hydrogen) atoms. The minimum Gasteiger partial charge on any atom is -0.300 e. The second-order valence-corrected chi connectivity index (χ2v) is 9.51. The molecule has 0 amide bonds. The van der Waals surface area contributed by atoms with Crippen molar-refractivity contribution in [2.45, 2.75) is 54.0 Å². The van der Waals surface area contributed by atoms with Crippen molar-refractivity contribution >= 4 is 21.2 Å². The van der Waals surface area contributed by atoms with Gasteiger partial charge in [0.1, 0.15) is 0 Å². The summed E-state index contributed by atoms with van der Waals surface area (Å²) in [5.74, 6) is 0.999. The Morgan fingerprint density at radius 1 is 0.650 bits per heavy atom. The lowest BCUT2D eigenvalue weighted by atomic mass is 10.6. The summed E-state index contributed by atoms with van der Waals surface area (Å²) in [6.45, 7) is 20.8. The topological polar surface area (TPSA) is 9.72 Å². The van der Waals surface area contributed by atoms with Crippen molar-refractivity contribution in [1.82, 2.24) is 13.7 Å². The average Bonchev–Trinajstić information content (AvgIpc) is 2.48. The molecular formula is C15H37N3SSi. The van der Waals surface area contributed by atoms with E-state index in [2.05, 4.69) is 67.9 Å². The molecule has 0 N–H and O–H groups in total. The van der Waals surface area contributed by atoms with Crippen LogP contribution >= 0.6 is 12.6 Å². The summed E-state index contributed by atoms with van der Waals surface area (Å²) in [7, 11) is -1.75. The van der Waals surface area contributed by atoms with E-state index in [1.165, 1.54) is 12.5 Å². The van der Waals surface area contributed by atoms with Gasteiger partial charge in [-0.1, -0.05) is 41.5 Å². The van der Waals surface area contributed by atoms with Crippen LogP contribution in [0.1, 0.15) is 48.0 Å². The van der Waals surface area contributed by atoms with Crippen molar-refractivity contribution in [1.29, 1.82) is 0 Å². The molecule has 0 saturated heterocycles. The molecule has 0 fully saturated rings. The lowest BCUT2D eigenvalue weighted by Gasteiger charge is -2.53. The molecule has 5 heteroatoms. The van der Waals surface area contributed by atoms with Crippen LogP contribution in [0.2, 0.25) is 6.04 Å². The molecule has 0 bridgehead atoms. The molecule has 0 spiro atoms. The molecule has 0 aromatic heterocycles. The van der Waals surface area contributed by atoms with Gasteiger partial charge in [0.2, 0.25) is 0 Å². The molecule has 0 aliphatic carbocycles. The Hall–Kier alpha value is 0.447. The van der Waals surface area contributed by atoms with Crippen LogP contribution in [-0.2, 0) is 0 Å². The summed E-state index contributed by atoms with van der Waals surface area (Å²) in [6, 6.07) is 1.31. The monoisotopic (exact) mass is 319 g/mol. The van der Waals surface area contributed by atoms with Crippen molar-refractivity contribution in [2.75, 3.05) is 45.0 Å². The van der Waals surface area contributed by atoms with Gasteiger partial charge in [-0.2, -0.15) is 12.6 Å². The highest BCUT2D eigenvalue weighted by atomic mass is 32.1. The number of thiol groups is 1. The fourth-order valence-electron chi connectivity index (χ4n) is 3.58. The molecule has 0 aromatic rings. The van der Waals surface area contributed by atoms with Gasteiger partial charge in [-0.15, -0.1) is 0 Å². The highest BCUT2D eigenvalue weighted by molar-refractivity contribution is 7.80. The van der Waals surface area contributed by atoms with Crippen LogP contribution in [0.5, 0.6) is 0 Å². The van der Waals surface area contributed by atoms with Gasteiger partial charge >= 0.3 is 0 Å². The standard InChI is InChI=1S/C15H37N3SSi/c1-7-16(8-2)20(15-13-14-19,17(9-3)10-4)18(11-5)12-6/h19H,7-15H2,1-6H3. The number of hydrogen-bond donors (Lipinski definition) is 1. The van der Waals surface area contributed by atoms with E-state index in [4.69, 9.17) is 0 Å². The summed E-state index contributed by atoms with van der Waals surface area (Å²) in [6.07, 6.45) is 1.22. The highest BCUT2D eigenvalue weighted by Gasteiger charge is 2.47. The zero-order valence-corrected chi connectivity index (χ0v) is 16.5. The molecule has 3 nitrogen and oxygen atoms in total. The van der Waals surface area contributed by atoms with Gasteiger partial charge in [-0.25, -0.2) is 0 Å². The zero-order valence-electron chi connectivity index (χ0n) is 14.7. The molecule has 0 radical (unpaired) electrons. The normalized spacial score (nSPS) is 12.9. The predicted octanol–water partition coefficient (Wildman–Crippen LogP) is 3.27. The summed E-state index contributed by atoms with van der Waals surface area (Å²) in [5, 5.41) is 0. The number of nitrogens with zero attached hydrogens (tertiary/aromatic N) is 3. The van der Waals surface area contributed by atoms with Crippen molar-refractivity contribution < 1.29 is 0 Å². The third-order valence-electron chi connectivity index (χ3n) is 4.48. The highest BCUT2D eigenvalue weighted by Crippen LogP contribution is 2.26. The molecule has 0 aliphatic heterocycles. The van der Waals surface area contributed by atoms with E-state index in [0.717, 1.165) is 45.0 Å². The fourth-order valence-corrected chi connectivity index (χ4v) is 9.87. The van der Waals surface area contributed by atoms with E-state index < -0.39 is 8.56 Å². The van der Waals surface area contributed by atoms with E-state index >= 15 is 0 Å². The Morgan fingerprint density at radius 2 is 0.950 bits per heavy atom. The first-order chi connectivity index (χ1) is 9.62. The fraction of sp³-hybridized carbons (Fsp3) is 1.00. The van der Waals surface area contributed by atoms with Crippen LogP contribution in [0, 0.1) is 0 Å². The molecule has 0 aromatic carbocycles. The van der Waals surface area contributed by atoms with Crippen LogP contribution in [0.25, 0.3) is 0 Å². The van der Waals surface area contributed by atoms with E-state index in [1.807, 2.05) is 0 Å². The smallest absolute Gasteiger partial charge is 0.289 e. The van der Waals surface area contributed by atoms with Gasteiger partial charge in [0.15, 0.2) is 0 Å². The Morgan fingerprint density at radius 3 is 1.15 bits per heavy atom. The molecule has 0 aliphatic rings. The summed E-state index contributed by atoms with van der Waals surface area (Å²) in [5.41, 5.74) is 0. The van der Waals surface area contributed by atoms with Crippen LogP contribution in [0.15, 0.2) is 0 Å². The predicted molar refractivity (Wildman–Crippen MR) is 97.8 cm³/mol. The van der Waals surface area contributed by atoms with Crippen molar-refractivity contribution in [3.8, 4) is 0 Å². The molecule has 0 heterocycles. The molecule has 0 rings (SSSR count). The van der Waals surface area contributed by atoms with Gasteiger partial charge in [0.25, 0.3) is 8.56 Å².